The SMILES string of the molecule is Fc1c(F)c(F)c(-c2cc3c(s2)c2sc(-c4c(F)c(F)c(F)c(F)c4F)cc2c2c(-c4ccccc4)p(-c4ccccc4)c(-c4ccccc4)c32)c(F)c1F. The average molecular weight is 807 g/mol. The number of thiophene rings is 2. The lowest BCUT2D eigenvalue weighted by Crippen LogP contribution is -2.03. The van der Waals surface area contributed by atoms with E-state index in [0.717, 1.165) is 27.0 Å². The van der Waals surface area contributed by atoms with Gasteiger partial charge in [0, 0.05) is 41.9 Å². The predicted octanol–water partition coefficient (Wildman–Crippen LogP) is 15.3. The zero-order valence-corrected chi connectivity index (χ0v) is 29.9. The first-order chi connectivity index (χ1) is 26.5. The van der Waals surface area contributed by atoms with E-state index in [-0.39, 0.29) is 19.2 Å². The maximum Gasteiger partial charge on any atom is 0.200 e. The highest BCUT2D eigenvalue weighted by Crippen LogP contribution is 2.65. The summed E-state index contributed by atoms with van der Waals surface area (Å²) in [5.74, 6) is -21.5. The lowest BCUT2D eigenvalue weighted by Gasteiger charge is -2.11. The second-order valence-electron chi connectivity index (χ2n) is 12.4. The lowest BCUT2D eigenvalue weighted by atomic mass is 9.98. The minimum atomic E-state index is -2.33. The van der Waals surface area contributed by atoms with Crippen LogP contribution in [0, 0.1) is 58.2 Å². The van der Waals surface area contributed by atoms with Gasteiger partial charge in [-0.1, -0.05) is 98.5 Å². The molecule has 272 valence electrons. The van der Waals surface area contributed by atoms with E-state index in [9.17, 15) is 26.3 Å². The van der Waals surface area contributed by atoms with Crippen LogP contribution in [0.1, 0.15) is 0 Å². The van der Waals surface area contributed by atoms with Gasteiger partial charge in [-0.2, -0.15) is 0 Å². The van der Waals surface area contributed by atoms with E-state index in [1.54, 1.807) is 0 Å². The fourth-order valence-electron chi connectivity index (χ4n) is 7.05. The van der Waals surface area contributed by atoms with Crippen LogP contribution >= 0.6 is 30.2 Å². The Bertz CT molecular complexity index is 2780. The van der Waals surface area contributed by atoms with E-state index in [0.29, 0.717) is 44.2 Å². The fourth-order valence-corrected chi connectivity index (χ4v) is 12.5. The summed E-state index contributed by atoms with van der Waals surface area (Å²) in [7, 11) is -1.53. The van der Waals surface area contributed by atoms with E-state index in [1.807, 2.05) is 91.0 Å². The number of hydrogen-bond donors (Lipinski definition) is 0. The summed E-state index contributed by atoms with van der Waals surface area (Å²) in [6, 6.07) is 30.4. The summed E-state index contributed by atoms with van der Waals surface area (Å²) >= 11 is 1.36. The molecule has 0 nitrogen and oxygen atoms in total. The highest BCUT2D eigenvalue weighted by atomic mass is 32.1. The van der Waals surface area contributed by atoms with Gasteiger partial charge in [0.2, 0.25) is 11.6 Å². The molecule has 0 fully saturated rings. The van der Waals surface area contributed by atoms with Gasteiger partial charge in [-0.05, 0) is 28.6 Å². The standard InChI is InChI=1S/C42H17F10PS2/c43-29-27(30(44)34(48)37(51)33(29)47)23-16-21-25-26(22-17-24(55-42(22)41(21)54-23)28-31(45)35(49)38(52)36(50)32(28)46)40(19-12-6-2-7-13-19)53(20-14-8-3-9-15-20)39(25)18-10-4-1-5-11-18/h1-17H. The molecule has 9 rings (SSSR count). The molecule has 0 N–H and O–H groups in total. The molecule has 3 aromatic heterocycles. The Kier molecular flexibility index (Phi) is 8.41. The third kappa shape index (κ3) is 5.18. The number of hydrogen-bond acceptors (Lipinski definition) is 2. The van der Waals surface area contributed by atoms with Crippen LogP contribution in [0.25, 0.3) is 78.8 Å². The van der Waals surface area contributed by atoms with Crippen molar-refractivity contribution >= 4 is 61.2 Å². The molecule has 0 aliphatic rings. The molecule has 0 aliphatic heterocycles. The number of fused-ring (bicyclic) bond motifs is 6. The summed E-state index contributed by atoms with van der Waals surface area (Å²) < 4.78 is 149. The van der Waals surface area contributed by atoms with Crippen LogP contribution in [-0.4, -0.2) is 0 Å². The Labute approximate surface area is 313 Å². The van der Waals surface area contributed by atoms with Crippen LogP contribution in [0.15, 0.2) is 103 Å². The summed E-state index contributed by atoms with van der Waals surface area (Å²) in [6.07, 6.45) is 0. The molecule has 3 heterocycles. The quantitative estimate of drug-likeness (QED) is 0.0923. The van der Waals surface area contributed by atoms with E-state index >= 15 is 17.6 Å². The van der Waals surface area contributed by atoms with Gasteiger partial charge in [-0.25, -0.2) is 43.9 Å². The molecule has 0 radical (unpaired) electrons. The van der Waals surface area contributed by atoms with Crippen molar-refractivity contribution in [2.45, 2.75) is 0 Å². The monoisotopic (exact) mass is 806 g/mol. The summed E-state index contributed by atoms with van der Waals surface area (Å²) in [5, 5.41) is 4.09. The number of halogens is 10. The molecule has 0 spiro atoms. The van der Waals surface area contributed by atoms with Crippen LogP contribution in [0.2, 0.25) is 0 Å². The van der Waals surface area contributed by atoms with E-state index in [1.165, 1.54) is 12.1 Å². The summed E-state index contributed by atoms with van der Waals surface area (Å²) in [6.45, 7) is 0. The van der Waals surface area contributed by atoms with Crippen molar-refractivity contribution in [3.63, 3.8) is 0 Å². The topological polar surface area (TPSA) is 0 Å². The fraction of sp³-hybridized carbons (Fsp3) is 0. The van der Waals surface area contributed by atoms with Crippen LogP contribution in [0.4, 0.5) is 43.9 Å². The van der Waals surface area contributed by atoms with Gasteiger partial charge < -0.3 is 0 Å². The molecule has 0 aliphatic carbocycles. The van der Waals surface area contributed by atoms with Gasteiger partial charge in [-0.15, -0.1) is 22.7 Å². The van der Waals surface area contributed by atoms with Gasteiger partial charge in [0.05, 0.1) is 20.5 Å². The Morgan fingerprint density at radius 3 is 1.02 bits per heavy atom. The van der Waals surface area contributed by atoms with Crippen molar-refractivity contribution in [2.24, 2.45) is 0 Å². The Balaban J connectivity index is 1.55. The molecule has 55 heavy (non-hydrogen) atoms. The van der Waals surface area contributed by atoms with Crippen molar-refractivity contribution in [3.05, 3.63) is 161 Å². The minimum Gasteiger partial charge on any atom is -0.203 e. The first-order valence-electron chi connectivity index (χ1n) is 16.3. The van der Waals surface area contributed by atoms with Crippen molar-refractivity contribution in [2.75, 3.05) is 0 Å². The molecule has 13 heteroatoms. The summed E-state index contributed by atoms with van der Waals surface area (Å²) in [4.78, 5) is -0.679. The number of benzene rings is 6. The first-order valence-corrected chi connectivity index (χ1v) is 19.2. The van der Waals surface area contributed by atoms with Crippen LogP contribution in [-0.2, 0) is 0 Å². The summed E-state index contributed by atoms with van der Waals surface area (Å²) in [5.41, 5.74) is -0.866. The second-order valence-corrected chi connectivity index (χ2v) is 16.6. The van der Waals surface area contributed by atoms with Crippen molar-refractivity contribution in [1.82, 2.24) is 0 Å². The minimum absolute atomic E-state index is 0.235. The van der Waals surface area contributed by atoms with Gasteiger partial charge in [0.25, 0.3) is 0 Å². The molecule has 0 amide bonds. The molecular formula is C42H17F10PS2. The third-order valence-electron chi connectivity index (χ3n) is 9.40. The highest BCUT2D eigenvalue weighted by molar-refractivity contribution is 7.64. The Morgan fingerprint density at radius 1 is 0.364 bits per heavy atom. The van der Waals surface area contributed by atoms with Crippen LogP contribution in [0.3, 0.4) is 0 Å². The Morgan fingerprint density at radius 2 is 0.673 bits per heavy atom. The maximum atomic E-state index is 15.4. The zero-order valence-electron chi connectivity index (χ0n) is 27.4. The average Bonchev–Trinajstić information content (AvgIpc) is 3.93. The normalized spacial score (nSPS) is 11.8. The molecular weight excluding hydrogens is 790 g/mol. The van der Waals surface area contributed by atoms with E-state index < -0.39 is 76.8 Å². The van der Waals surface area contributed by atoms with Gasteiger partial charge in [0.15, 0.2) is 46.5 Å². The molecule has 0 unspecified atom stereocenters. The maximum absolute atomic E-state index is 15.4. The van der Waals surface area contributed by atoms with E-state index in [4.69, 9.17) is 0 Å². The van der Waals surface area contributed by atoms with Gasteiger partial charge in [-0.3, -0.25) is 0 Å². The van der Waals surface area contributed by atoms with Crippen molar-refractivity contribution in [1.29, 1.82) is 0 Å². The van der Waals surface area contributed by atoms with Crippen molar-refractivity contribution in [3.8, 4) is 47.9 Å². The van der Waals surface area contributed by atoms with Gasteiger partial charge >= 0.3 is 0 Å². The predicted molar refractivity (Wildman–Crippen MR) is 200 cm³/mol. The highest BCUT2D eigenvalue weighted by Gasteiger charge is 2.33. The third-order valence-corrected chi connectivity index (χ3v) is 14.5. The molecule has 6 aromatic carbocycles. The second kappa shape index (κ2) is 13.1. The molecule has 0 saturated heterocycles. The molecule has 0 bridgehead atoms. The first kappa shape index (κ1) is 35.3. The smallest absolute Gasteiger partial charge is 0.200 e. The van der Waals surface area contributed by atoms with Crippen LogP contribution < -0.4 is 0 Å². The van der Waals surface area contributed by atoms with Crippen molar-refractivity contribution < 1.29 is 43.9 Å². The molecule has 0 atom stereocenters. The van der Waals surface area contributed by atoms with E-state index in [2.05, 4.69) is 0 Å². The lowest BCUT2D eigenvalue weighted by molar-refractivity contribution is 0.381. The Hall–Kier alpha value is -5.42. The zero-order chi connectivity index (χ0) is 38.4. The van der Waals surface area contributed by atoms with Gasteiger partial charge in [0.1, 0.15) is 0 Å². The molecule has 9 aromatic rings. The largest absolute Gasteiger partial charge is 0.203 e. The molecule has 0 saturated carbocycles. The number of rotatable bonds is 5. The van der Waals surface area contributed by atoms with Crippen LogP contribution in [0.5, 0.6) is 0 Å².